The summed E-state index contributed by atoms with van der Waals surface area (Å²) in [6.45, 7) is 1.37. The van der Waals surface area contributed by atoms with E-state index in [-0.39, 0.29) is 18.6 Å². The molecule has 2 aromatic carbocycles. The number of rotatable bonds is 3. The van der Waals surface area contributed by atoms with Crippen molar-refractivity contribution in [3.05, 3.63) is 47.5 Å². The fourth-order valence-electron chi connectivity index (χ4n) is 3.95. The topological polar surface area (TPSA) is 116 Å². The van der Waals surface area contributed by atoms with Gasteiger partial charge in [0, 0.05) is 41.1 Å². The Kier molecular flexibility index (Phi) is 4.55. The fraction of sp³-hybridized carbons (Fsp3) is 0.300. The average Bonchev–Trinajstić information content (AvgIpc) is 3.01. The lowest BCUT2D eigenvalue weighted by Crippen LogP contribution is -2.24. The molecule has 3 aromatic rings. The van der Waals surface area contributed by atoms with Crippen LogP contribution in [0, 0.1) is 0 Å². The second-order valence-electron chi connectivity index (χ2n) is 6.76. The van der Waals surface area contributed by atoms with Gasteiger partial charge in [0.15, 0.2) is 5.96 Å². The Morgan fingerprint density at radius 1 is 1.19 bits per heavy atom. The van der Waals surface area contributed by atoms with Crippen LogP contribution in [0.25, 0.3) is 21.8 Å². The number of benzene rings is 2. The van der Waals surface area contributed by atoms with Crippen molar-refractivity contribution in [1.29, 1.82) is 0 Å². The van der Waals surface area contributed by atoms with Gasteiger partial charge in [0.05, 0.1) is 12.1 Å². The molecular formula is C20H22N4O3. The van der Waals surface area contributed by atoms with Crippen molar-refractivity contribution in [3.8, 4) is 0 Å². The molecule has 1 aromatic heterocycles. The molecule has 4 rings (SSSR count). The van der Waals surface area contributed by atoms with Gasteiger partial charge in [-0.25, -0.2) is 0 Å². The van der Waals surface area contributed by atoms with Gasteiger partial charge in [-0.1, -0.05) is 18.2 Å². The van der Waals surface area contributed by atoms with Crippen molar-refractivity contribution < 1.29 is 14.6 Å². The molecule has 0 aliphatic carbocycles. The number of carbonyl (C=O) groups excluding carboxylic acids is 1. The third-order valence-electron chi connectivity index (χ3n) is 5.12. The minimum absolute atomic E-state index is 0.0427. The van der Waals surface area contributed by atoms with Crippen LogP contribution in [0.2, 0.25) is 0 Å². The number of hydrogen-bond donors (Lipinski definition) is 3. The molecule has 0 unspecified atom stereocenters. The first kappa shape index (κ1) is 17.5. The normalized spacial score (nSPS) is 15.3. The van der Waals surface area contributed by atoms with Gasteiger partial charge in [0.25, 0.3) is 5.91 Å². The number of aliphatic imine (C=N–C) groups is 1. The number of ether oxygens (including phenoxy) is 1. The number of aliphatic hydroxyl groups excluding tert-OH is 1. The zero-order valence-electron chi connectivity index (χ0n) is 14.9. The van der Waals surface area contributed by atoms with E-state index in [1.165, 1.54) is 0 Å². The molecule has 1 aliphatic heterocycles. The van der Waals surface area contributed by atoms with Crippen LogP contribution in [0.3, 0.4) is 0 Å². The number of aliphatic hydroxyl groups is 1. The summed E-state index contributed by atoms with van der Waals surface area (Å²) in [6.07, 6.45) is 1.79. The predicted octanol–water partition coefficient (Wildman–Crippen LogP) is 2.05. The van der Waals surface area contributed by atoms with Gasteiger partial charge >= 0.3 is 0 Å². The van der Waals surface area contributed by atoms with Gasteiger partial charge in [0.2, 0.25) is 0 Å². The molecule has 0 saturated carbocycles. The maximum Gasteiger partial charge on any atom is 0.280 e. The minimum Gasteiger partial charge on any atom is -0.392 e. The van der Waals surface area contributed by atoms with Crippen LogP contribution >= 0.6 is 0 Å². The largest absolute Gasteiger partial charge is 0.392 e. The molecule has 0 bridgehead atoms. The minimum atomic E-state index is -0.469. The molecule has 1 amide bonds. The molecule has 140 valence electrons. The summed E-state index contributed by atoms with van der Waals surface area (Å²) in [6, 6.07) is 11.7. The van der Waals surface area contributed by atoms with Crippen LogP contribution in [0.4, 0.5) is 0 Å². The lowest BCUT2D eigenvalue weighted by molar-refractivity contribution is 0.0717. The van der Waals surface area contributed by atoms with Gasteiger partial charge in [-0.3, -0.25) is 4.79 Å². The molecule has 1 aliphatic rings. The van der Waals surface area contributed by atoms with Gasteiger partial charge in [-0.2, -0.15) is 4.99 Å². The summed E-state index contributed by atoms with van der Waals surface area (Å²) in [5.41, 5.74) is 14.0. The first-order valence-corrected chi connectivity index (χ1v) is 8.98. The smallest absolute Gasteiger partial charge is 0.280 e. The van der Waals surface area contributed by atoms with Crippen molar-refractivity contribution in [2.45, 2.75) is 25.5 Å². The number of carbonyl (C=O) groups is 1. The van der Waals surface area contributed by atoms with E-state index in [1.54, 1.807) is 6.07 Å². The first-order chi connectivity index (χ1) is 13.1. The molecule has 27 heavy (non-hydrogen) atoms. The highest BCUT2D eigenvalue weighted by Crippen LogP contribution is 2.37. The van der Waals surface area contributed by atoms with Gasteiger partial charge in [-0.05, 0) is 36.6 Å². The van der Waals surface area contributed by atoms with E-state index in [2.05, 4.69) is 15.6 Å². The summed E-state index contributed by atoms with van der Waals surface area (Å²) >= 11 is 0. The maximum atomic E-state index is 12.3. The van der Waals surface area contributed by atoms with E-state index in [9.17, 15) is 9.90 Å². The molecule has 0 spiro atoms. The molecule has 5 N–H and O–H groups in total. The van der Waals surface area contributed by atoms with E-state index >= 15 is 0 Å². The van der Waals surface area contributed by atoms with E-state index in [4.69, 9.17) is 16.2 Å². The average molecular weight is 366 g/mol. The summed E-state index contributed by atoms with van der Waals surface area (Å²) < 4.78 is 7.78. The lowest BCUT2D eigenvalue weighted by atomic mass is 10.1. The number of aromatic nitrogens is 1. The van der Waals surface area contributed by atoms with Crippen LogP contribution in [0.1, 0.15) is 34.8 Å². The molecule has 0 radical (unpaired) electrons. The van der Waals surface area contributed by atoms with Crippen LogP contribution in [-0.2, 0) is 11.3 Å². The van der Waals surface area contributed by atoms with Crippen LogP contribution in [0.15, 0.2) is 41.4 Å². The Balaban J connectivity index is 2.00. The summed E-state index contributed by atoms with van der Waals surface area (Å²) in [5.74, 6) is -0.726. The third kappa shape index (κ3) is 3.05. The number of nitrogens with two attached hydrogens (primary N) is 2. The van der Waals surface area contributed by atoms with Crippen LogP contribution in [-0.4, -0.2) is 34.8 Å². The molecule has 7 nitrogen and oxygen atoms in total. The van der Waals surface area contributed by atoms with E-state index in [1.807, 2.05) is 24.3 Å². The zero-order chi connectivity index (χ0) is 19.0. The van der Waals surface area contributed by atoms with E-state index in [0.29, 0.717) is 18.8 Å². The Morgan fingerprint density at radius 3 is 2.67 bits per heavy atom. The summed E-state index contributed by atoms with van der Waals surface area (Å²) in [5, 5.41) is 11.8. The quantitative estimate of drug-likeness (QED) is 0.485. The molecule has 7 heteroatoms. The van der Waals surface area contributed by atoms with E-state index < -0.39 is 5.91 Å². The standard InChI is InChI=1S/C20H22N4O3/c21-20(22)23-19(26)12-4-5-15-17(10-12)24(14-6-8-27-9-7-14)16-3-1-2-13(11-25)18(15)16/h1-5,10,14,25H,6-9,11H2,(H4,21,22,23,26). The monoisotopic (exact) mass is 366 g/mol. The second-order valence-corrected chi connectivity index (χ2v) is 6.76. The van der Waals surface area contributed by atoms with E-state index in [0.717, 1.165) is 40.2 Å². The molecular weight excluding hydrogens is 344 g/mol. The number of nitrogens with zero attached hydrogens (tertiary/aromatic N) is 2. The summed E-state index contributed by atoms with van der Waals surface area (Å²) in [4.78, 5) is 16.0. The Labute approximate surface area is 156 Å². The number of amides is 1. The van der Waals surface area contributed by atoms with Crippen LogP contribution in [0.5, 0.6) is 0 Å². The van der Waals surface area contributed by atoms with Gasteiger partial charge in [-0.15, -0.1) is 0 Å². The number of fused-ring (bicyclic) bond motifs is 3. The number of guanidine groups is 1. The van der Waals surface area contributed by atoms with Crippen molar-refractivity contribution in [3.63, 3.8) is 0 Å². The highest BCUT2D eigenvalue weighted by molar-refractivity contribution is 6.12. The predicted molar refractivity (Wildman–Crippen MR) is 105 cm³/mol. The van der Waals surface area contributed by atoms with Gasteiger partial charge in [0.1, 0.15) is 0 Å². The Hall–Kier alpha value is -2.90. The van der Waals surface area contributed by atoms with Crippen LogP contribution < -0.4 is 11.5 Å². The lowest BCUT2D eigenvalue weighted by Gasteiger charge is -2.25. The van der Waals surface area contributed by atoms with Crippen molar-refractivity contribution in [1.82, 2.24) is 4.57 Å². The molecule has 0 atom stereocenters. The molecule has 2 heterocycles. The Bertz CT molecular complexity index is 1040. The van der Waals surface area contributed by atoms with Crippen molar-refractivity contribution >= 4 is 33.7 Å². The maximum absolute atomic E-state index is 12.3. The number of hydrogen-bond acceptors (Lipinski definition) is 3. The summed E-state index contributed by atoms with van der Waals surface area (Å²) in [7, 11) is 0. The highest BCUT2D eigenvalue weighted by atomic mass is 16.5. The first-order valence-electron chi connectivity index (χ1n) is 8.98. The van der Waals surface area contributed by atoms with Crippen molar-refractivity contribution in [2.75, 3.05) is 13.2 Å². The SMILES string of the molecule is NC(N)=NC(=O)c1ccc2c3c(CO)cccc3n(C3CCOCC3)c2c1. The fourth-order valence-corrected chi connectivity index (χ4v) is 3.95. The second kappa shape index (κ2) is 7.02. The zero-order valence-corrected chi connectivity index (χ0v) is 14.9. The molecule has 1 fully saturated rings. The third-order valence-corrected chi connectivity index (χ3v) is 5.12. The highest BCUT2D eigenvalue weighted by Gasteiger charge is 2.22. The van der Waals surface area contributed by atoms with Crippen molar-refractivity contribution in [2.24, 2.45) is 16.5 Å². The molecule has 1 saturated heterocycles. The van der Waals surface area contributed by atoms with Gasteiger partial charge < -0.3 is 25.9 Å². The Morgan fingerprint density at radius 2 is 1.96 bits per heavy atom.